The van der Waals surface area contributed by atoms with E-state index in [1.165, 1.54) is 43.4 Å². The second-order valence-corrected chi connectivity index (χ2v) is 5.24. The summed E-state index contributed by atoms with van der Waals surface area (Å²) in [5, 5.41) is 3.43. The van der Waals surface area contributed by atoms with Gasteiger partial charge in [-0.2, -0.15) is 0 Å². The van der Waals surface area contributed by atoms with Crippen molar-refractivity contribution in [3.8, 4) is 0 Å². The summed E-state index contributed by atoms with van der Waals surface area (Å²) in [6.07, 6.45) is 6.27. The molecule has 0 aromatic heterocycles. The highest BCUT2D eigenvalue weighted by Gasteiger charge is 1.93. The van der Waals surface area contributed by atoms with E-state index in [0.717, 1.165) is 6.54 Å². The maximum absolute atomic E-state index is 3.43. The fraction of sp³-hybridized carbons (Fsp3) is 0.400. The molecule has 0 amide bonds. The van der Waals surface area contributed by atoms with Crippen LogP contribution in [0.2, 0.25) is 0 Å². The van der Waals surface area contributed by atoms with Gasteiger partial charge < -0.3 is 5.32 Å². The van der Waals surface area contributed by atoms with E-state index in [1.807, 2.05) is 6.07 Å². The third kappa shape index (κ3) is 8.91. The Bertz CT molecular complexity index is 392. The molecular weight excluding hydrogens is 254 g/mol. The van der Waals surface area contributed by atoms with Gasteiger partial charge >= 0.3 is 0 Å². The normalized spacial score (nSPS) is 9.62. The minimum Gasteiger partial charge on any atom is -0.385 e. The van der Waals surface area contributed by atoms with E-state index in [0.29, 0.717) is 0 Å². The van der Waals surface area contributed by atoms with Crippen LogP contribution in [0.15, 0.2) is 60.7 Å². The first-order valence-corrected chi connectivity index (χ1v) is 8.19. The van der Waals surface area contributed by atoms with Gasteiger partial charge in [0, 0.05) is 12.2 Å². The Morgan fingerprint density at radius 3 is 1.86 bits per heavy atom. The summed E-state index contributed by atoms with van der Waals surface area (Å²) in [6.45, 7) is 5.41. The van der Waals surface area contributed by atoms with Crippen molar-refractivity contribution in [2.75, 3.05) is 11.9 Å². The van der Waals surface area contributed by atoms with Crippen molar-refractivity contribution >= 4 is 5.69 Å². The summed E-state index contributed by atoms with van der Waals surface area (Å²) in [6, 6.07) is 21.1. The fourth-order valence-electron chi connectivity index (χ4n) is 1.89. The van der Waals surface area contributed by atoms with Crippen molar-refractivity contribution in [1.82, 2.24) is 0 Å². The Morgan fingerprint density at radius 1 is 0.714 bits per heavy atom. The average Bonchev–Trinajstić information content (AvgIpc) is 2.57. The molecule has 0 bridgehead atoms. The number of para-hydroxylation sites is 1. The molecule has 0 saturated carbocycles. The van der Waals surface area contributed by atoms with Crippen molar-refractivity contribution in [1.29, 1.82) is 0 Å². The van der Waals surface area contributed by atoms with Gasteiger partial charge in [0.1, 0.15) is 0 Å². The summed E-state index contributed by atoms with van der Waals surface area (Å²) in [7, 11) is 0. The Hall–Kier alpha value is -1.76. The first-order chi connectivity index (χ1) is 10.4. The van der Waals surface area contributed by atoms with Crippen LogP contribution in [0.25, 0.3) is 0 Å². The number of benzene rings is 2. The zero-order chi connectivity index (χ0) is 15.2. The minimum absolute atomic E-state index is 1.05. The molecule has 114 valence electrons. The van der Waals surface area contributed by atoms with Gasteiger partial charge in [0.15, 0.2) is 0 Å². The van der Waals surface area contributed by atoms with E-state index < -0.39 is 0 Å². The molecule has 1 N–H and O–H groups in total. The van der Waals surface area contributed by atoms with Gasteiger partial charge in [-0.05, 0) is 37.0 Å². The lowest BCUT2D eigenvalue weighted by Gasteiger charge is -2.05. The molecule has 2 rings (SSSR count). The van der Waals surface area contributed by atoms with Gasteiger partial charge in [-0.3, -0.25) is 0 Å². The smallest absolute Gasteiger partial charge is 0.0340 e. The van der Waals surface area contributed by atoms with E-state index in [4.69, 9.17) is 0 Å². The Balaban J connectivity index is 0.000000491. The van der Waals surface area contributed by atoms with Crippen LogP contribution < -0.4 is 5.32 Å². The monoisotopic (exact) mass is 283 g/mol. The van der Waals surface area contributed by atoms with E-state index in [2.05, 4.69) is 73.8 Å². The maximum Gasteiger partial charge on any atom is 0.0340 e. The molecule has 0 saturated heterocycles. The first kappa shape index (κ1) is 17.3. The molecule has 0 atom stereocenters. The van der Waals surface area contributed by atoms with Crippen LogP contribution in [0.1, 0.15) is 45.1 Å². The number of unbranched alkanes of at least 4 members (excludes halogenated alkanes) is 2. The van der Waals surface area contributed by atoms with E-state index in [9.17, 15) is 0 Å². The number of hydrogen-bond acceptors (Lipinski definition) is 1. The Kier molecular flexibility index (Phi) is 9.89. The average molecular weight is 283 g/mol. The van der Waals surface area contributed by atoms with Crippen LogP contribution in [0.3, 0.4) is 0 Å². The van der Waals surface area contributed by atoms with Crippen LogP contribution in [-0.4, -0.2) is 6.54 Å². The van der Waals surface area contributed by atoms with E-state index >= 15 is 0 Å². The molecule has 0 unspecified atom stereocenters. The summed E-state index contributed by atoms with van der Waals surface area (Å²) >= 11 is 0. The molecule has 0 aliphatic rings. The highest BCUT2D eigenvalue weighted by Crippen LogP contribution is 2.07. The number of aryl methyl sites for hydroxylation is 1. The topological polar surface area (TPSA) is 12.0 Å². The van der Waals surface area contributed by atoms with Crippen LogP contribution in [0.4, 0.5) is 5.69 Å². The lowest BCUT2D eigenvalue weighted by molar-refractivity contribution is 0.763. The number of rotatable bonds is 7. The van der Waals surface area contributed by atoms with Gasteiger partial charge in [0.2, 0.25) is 0 Å². The zero-order valence-corrected chi connectivity index (χ0v) is 13.5. The molecule has 2 aromatic rings. The molecule has 0 aliphatic heterocycles. The standard InChI is InChI=1S/C16H19N.C4H10/c1-3-9-15(10-4-1)11-7-8-14-17-16-12-5-2-6-13-16;1-3-4-2/h1-6,9-10,12-13,17H,7-8,11,14H2;3-4H2,1-2H3. The first-order valence-electron chi connectivity index (χ1n) is 8.19. The second kappa shape index (κ2) is 12.0. The zero-order valence-electron chi connectivity index (χ0n) is 13.5. The molecule has 0 radical (unpaired) electrons. The molecule has 1 nitrogen and oxygen atoms in total. The van der Waals surface area contributed by atoms with Gasteiger partial charge in [-0.15, -0.1) is 0 Å². The van der Waals surface area contributed by atoms with Crippen molar-refractivity contribution < 1.29 is 0 Å². The van der Waals surface area contributed by atoms with Gasteiger partial charge in [0.05, 0.1) is 0 Å². The molecule has 1 heteroatoms. The van der Waals surface area contributed by atoms with Gasteiger partial charge in [0.25, 0.3) is 0 Å². The minimum atomic E-state index is 1.05. The summed E-state index contributed by atoms with van der Waals surface area (Å²) in [4.78, 5) is 0. The second-order valence-electron chi connectivity index (χ2n) is 5.24. The number of nitrogens with one attached hydrogen (secondary N) is 1. The highest BCUT2D eigenvalue weighted by atomic mass is 14.9. The Morgan fingerprint density at radius 2 is 1.29 bits per heavy atom. The predicted molar refractivity (Wildman–Crippen MR) is 94.9 cm³/mol. The van der Waals surface area contributed by atoms with Gasteiger partial charge in [-0.1, -0.05) is 75.2 Å². The largest absolute Gasteiger partial charge is 0.385 e. The molecule has 21 heavy (non-hydrogen) atoms. The number of anilines is 1. The Labute approximate surface area is 130 Å². The molecular formula is C20H29N. The van der Waals surface area contributed by atoms with Crippen molar-refractivity contribution in [2.24, 2.45) is 0 Å². The van der Waals surface area contributed by atoms with Crippen LogP contribution >= 0.6 is 0 Å². The lowest BCUT2D eigenvalue weighted by Crippen LogP contribution is -2.01. The number of hydrogen-bond donors (Lipinski definition) is 1. The molecule has 0 fully saturated rings. The molecule has 0 aliphatic carbocycles. The quantitative estimate of drug-likeness (QED) is 0.621. The van der Waals surface area contributed by atoms with Crippen molar-refractivity contribution in [3.05, 3.63) is 66.2 Å². The van der Waals surface area contributed by atoms with Crippen LogP contribution in [0, 0.1) is 0 Å². The molecule has 0 spiro atoms. The van der Waals surface area contributed by atoms with Crippen LogP contribution in [-0.2, 0) is 6.42 Å². The highest BCUT2D eigenvalue weighted by molar-refractivity contribution is 5.42. The van der Waals surface area contributed by atoms with E-state index in [1.54, 1.807) is 0 Å². The lowest BCUT2D eigenvalue weighted by atomic mass is 10.1. The summed E-state index contributed by atoms with van der Waals surface area (Å²) in [5.41, 5.74) is 2.65. The third-order valence-corrected chi connectivity index (χ3v) is 3.34. The third-order valence-electron chi connectivity index (χ3n) is 3.34. The van der Waals surface area contributed by atoms with E-state index in [-0.39, 0.29) is 0 Å². The summed E-state index contributed by atoms with van der Waals surface area (Å²) < 4.78 is 0. The predicted octanol–water partition coefficient (Wildman–Crippen LogP) is 5.93. The van der Waals surface area contributed by atoms with Crippen molar-refractivity contribution in [2.45, 2.75) is 46.0 Å². The van der Waals surface area contributed by atoms with Crippen molar-refractivity contribution in [3.63, 3.8) is 0 Å². The summed E-state index contributed by atoms with van der Waals surface area (Å²) in [5.74, 6) is 0. The SMILES string of the molecule is CCCC.c1ccc(CCCCNc2ccccc2)cc1. The maximum atomic E-state index is 3.43. The fourth-order valence-corrected chi connectivity index (χ4v) is 1.89. The molecule has 2 aromatic carbocycles. The van der Waals surface area contributed by atoms with Crippen LogP contribution in [0.5, 0.6) is 0 Å². The van der Waals surface area contributed by atoms with Gasteiger partial charge in [-0.25, -0.2) is 0 Å². The molecule has 0 heterocycles.